The maximum atomic E-state index is 14.2. The molecule has 2 aromatic rings. The van der Waals surface area contributed by atoms with Crippen molar-refractivity contribution in [1.29, 1.82) is 0 Å². The zero-order chi connectivity index (χ0) is 20.9. The third-order valence-corrected chi connectivity index (χ3v) is 4.02. The van der Waals surface area contributed by atoms with Gasteiger partial charge in [-0.05, 0) is 44.4 Å². The fourth-order valence-corrected chi connectivity index (χ4v) is 2.94. The molecule has 0 spiro atoms. The fraction of sp³-hybridized carbons (Fsp3) is 0.450. The predicted octanol–water partition coefficient (Wildman–Crippen LogP) is 3.91. The molecule has 1 atom stereocenters. The molecule has 0 aliphatic carbocycles. The van der Waals surface area contributed by atoms with E-state index in [0.29, 0.717) is 29.7 Å². The number of pyridine rings is 2. The van der Waals surface area contributed by atoms with Gasteiger partial charge in [-0.15, -0.1) is 0 Å². The molecule has 2 rings (SSSR count). The number of carbonyl (C=O) groups is 1. The summed E-state index contributed by atoms with van der Waals surface area (Å²) in [6.45, 7) is 8.30. The van der Waals surface area contributed by atoms with Gasteiger partial charge in [0.15, 0.2) is 5.82 Å². The lowest BCUT2D eigenvalue weighted by atomic mass is 9.93. The zero-order valence-electron chi connectivity index (χ0n) is 16.9. The molecular formula is C20H27FN4O3. The first kappa shape index (κ1) is 21.6. The molecule has 152 valence electrons. The van der Waals surface area contributed by atoms with E-state index in [1.807, 2.05) is 6.92 Å². The number of hydrogen-bond donors (Lipinski definition) is 2. The molecule has 2 aromatic heterocycles. The minimum atomic E-state index is -0.691. The zero-order valence-corrected chi connectivity index (χ0v) is 16.9. The Morgan fingerprint density at radius 2 is 2.11 bits per heavy atom. The number of carbonyl (C=O) groups excluding carboxylic acids is 1. The molecule has 1 unspecified atom stereocenters. The normalized spacial score (nSPS) is 13.1. The van der Waals surface area contributed by atoms with Crippen molar-refractivity contribution in [3.63, 3.8) is 0 Å². The number of halogens is 1. The number of ether oxygens (including phenoxy) is 2. The van der Waals surface area contributed by atoms with Crippen LogP contribution in [0.3, 0.4) is 0 Å². The lowest BCUT2D eigenvalue weighted by molar-refractivity contribution is 0.187. The standard InChI is InChI=1S/C20H27FN4O3/c1-12(2)9-20(4,22)11-28-17-7-6-16(24-13(17)3)14-8-18(23-10-15(14)21)25-19(26)27-5/h6-8,10,12H,9,11,22H2,1-5H3,(H,23,25,26). The maximum Gasteiger partial charge on any atom is 0.412 e. The van der Waals surface area contributed by atoms with Gasteiger partial charge in [0, 0.05) is 11.1 Å². The SMILES string of the molecule is COC(=O)Nc1cc(-c2ccc(OCC(C)(N)CC(C)C)c(C)n2)c(F)cn1. The van der Waals surface area contributed by atoms with Crippen LogP contribution in [-0.4, -0.2) is 35.3 Å². The minimum absolute atomic E-state index is 0.163. The Kier molecular flexibility index (Phi) is 6.90. The van der Waals surface area contributed by atoms with E-state index in [1.54, 1.807) is 19.1 Å². The van der Waals surface area contributed by atoms with Crippen LogP contribution in [0.15, 0.2) is 24.4 Å². The van der Waals surface area contributed by atoms with Crippen LogP contribution in [-0.2, 0) is 4.74 Å². The van der Waals surface area contributed by atoms with E-state index in [9.17, 15) is 9.18 Å². The molecule has 8 heteroatoms. The average Bonchev–Trinajstić information content (AvgIpc) is 2.61. The summed E-state index contributed by atoms with van der Waals surface area (Å²) < 4.78 is 24.6. The number of nitrogens with two attached hydrogens (primary N) is 1. The molecule has 0 radical (unpaired) electrons. The number of nitrogens with zero attached hydrogens (tertiary/aromatic N) is 2. The molecule has 7 nitrogen and oxygen atoms in total. The summed E-state index contributed by atoms with van der Waals surface area (Å²) >= 11 is 0. The van der Waals surface area contributed by atoms with Gasteiger partial charge in [-0.25, -0.2) is 19.2 Å². The van der Waals surface area contributed by atoms with Crippen molar-refractivity contribution in [3.8, 4) is 17.0 Å². The Hall–Kier alpha value is -2.74. The molecule has 0 aliphatic rings. The summed E-state index contributed by atoms with van der Waals surface area (Å²) in [4.78, 5) is 19.6. The van der Waals surface area contributed by atoms with Gasteiger partial charge in [0.25, 0.3) is 0 Å². The highest BCUT2D eigenvalue weighted by Crippen LogP contribution is 2.27. The first-order valence-corrected chi connectivity index (χ1v) is 9.01. The second-order valence-corrected chi connectivity index (χ2v) is 7.49. The molecule has 0 bridgehead atoms. The number of rotatable bonds is 7. The predicted molar refractivity (Wildman–Crippen MR) is 106 cm³/mol. The topological polar surface area (TPSA) is 99.4 Å². The summed E-state index contributed by atoms with van der Waals surface area (Å²) in [6, 6.07) is 4.78. The molecule has 0 saturated heterocycles. The van der Waals surface area contributed by atoms with Crippen molar-refractivity contribution in [1.82, 2.24) is 9.97 Å². The van der Waals surface area contributed by atoms with Gasteiger partial charge in [0.05, 0.1) is 24.7 Å². The third-order valence-electron chi connectivity index (χ3n) is 4.02. The number of anilines is 1. The van der Waals surface area contributed by atoms with Gasteiger partial charge in [-0.3, -0.25) is 5.32 Å². The monoisotopic (exact) mass is 390 g/mol. The number of nitrogens with one attached hydrogen (secondary N) is 1. The number of hydrogen-bond acceptors (Lipinski definition) is 6. The van der Waals surface area contributed by atoms with E-state index in [2.05, 4.69) is 33.9 Å². The van der Waals surface area contributed by atoms with Crippen LogP contribution < -0.4 is 15.8 Å². The smallest absolute Gasteiger partial charge is 0.412 e. The van der Waals surface area contributed by atoms with E-state index >= 15 is 0 Å². The summed E-state index contributed by atoms with van der Waals surface area (Å²) in [5.74, 6) is 0.660. The maximum absolute atomic E-state index is 14.2. The van der Waals surface area contributed by atoms with Crippen molar-refractivity contribution in [2.24, 2.45) is 11.7 Å². The second-order valence-electron chi connectivity index (χ2n) is 7.49. The van der Waals surface area contributed by atoms with Gasteiger partial charge < -0.3 is 15.2 Å². The van der Waals surface area contributed by atoms with Crippen LogP contribution >= 0.6 is 0 Å². The quantitative estimate of drug-likeness (QED) is 0.743. The average molecular weight is 390 g/mol. The van der Waals surface area contributed by atoms with Crippen molar-refractivity contribution >= 4 is 11.9 Å². The number of aromatic nitrogens is 2. The summed E-state index contributed by atoms with van der Waals surface area (Å²) in [6.07, 6.45) is 1.16. The summed E-state index contributed by atoms with van der Waals surface area (Å²) in [5.41, 5.74) is 7.04. The van der Waals surface area contributed by atoms with Gasteiger partial charge in [-0.2, -0.15) is 0 Å². The Balaban J connectivity index is 2.20. The molecular weight excluding hydrogens is 363 g/mol. The third kappa shape index (κ3) is 5.88. The first-order chi connectivity index (χ1) is 13.1. The molecule has 0 saturated carbocycles. The molecule has 0 fully saturated rings. The van der Waals surface area contributed by atoms with Gasteiger partial charge >= 0.3 is 6.09 Å². The highest BCUT2D eigenvalue weighted by molar-refractivity contribution is 5.84. The van der Waals surface area contributed by atoms with E-state index in [0.717, 1.165) is 12.6 Å². The van der Waals surface area contributed by atoms with E-state index in [-0.39, 0.29) is 11.4 Å². The van der Waals surface area contributed by atoms with Crippen LogP contribution in [0.2, 0.25) is 0 Å². The van der Waals surface area contributed by atoms with E-state index in [4.69, 9.17) is 10.5 Å². The Morgan fingerprint density at radius 3 is 2.71 bits per heavy atom. The van der Waals surface area contributed by atoms with Crippen LogP contribution in [0, 0.1) is 18.7 Å². The van der Waals surface area contributed by atoms with Crippen molar-refractivity contribution in [2.45, 2.75) is 39.7 Å². The fourth-order valence-electron chi connectivity index (χ4n) is 2.94. The van der Waals surface area contributed by atoms with Gasteiger partial charge in [0.2, 0.25) is 0 Å². The molecule has 0 aromatic carbocycles. The Labute approximate surface area is 164 Å². The second kappa shape index (κ2) is 8.97. The highest BCUT2D eigenvalue weighted by Gasteiger charge is 2.21. The van der Waals surface area contributed by atoms with Crippen molar-refractivity contribution < 1.29 is 18.7 Å². The molecule has 3 N–H and O–H groups in total. The molecule has 1 amide bonds. The van der Waals surface area contributed by atoms with E-state index < -0.39 is 17.4 Å². The summed E-state index contributed by atoms with van der Waals surface area (Å²) in [5, 5.41) is 2.40. The molecule has 0 aliphatic heterocycles. The largest absolute Gasteiger partial charge is 0.490 e. The lowest BCUT2D eigenvalue weighted by Crippen LogP contribution is -2.43. The van der Waals surface area contributed by atoms with Gasteiger partial charge in [-0.1, -0.05) is 13.8 Å². The van der Waals surface area contributed by atoms with Crippen LogP contribution in [0.4, 0.5) is 15.0 Å². The van der Waals surface area contributed by atoms with E-state index in [1.165, 1.54) is 13.2 Å². The minimum Gasteiger partial charge on any atom is -0.490 e. The molecule has 2 heterocycles. The number of aryl methyl sites for hydroxylation is 1. The van der Waals surface area contributed by atoms with Crippen LogP contribution in [0.1, 0.15) is 32.9 Å². The van der Waals surface area contributed by atoms with Gasteiger partial charge in [0.1, 0.15) is 18.2 Å². The Morgan fingerprint density at radius 1 is 1.39 bits per heavy atom. The summed E-state index contributed by atoms with van der Waals surface area (Å²) in [7, 11) is 1.23. The van der Waals surface area contributed by atoms with Crippen LogP contribution in [0.25, 0.3) is 11.3 Å². The van der Waals surface area contributed by atoms with Crippen molar-refractivity contribution in [3.05, 3.63) is 35.9 Å². The number of methoxy groups -OCH3 is 1. The highest BCUT2D eigenvalue weighted by atomic mass is 19.1. The number of amides is 1. The van der Waals surface area contributed by atoms with Crippen LogP contribution in [0.5, 0.6) is 5.75 Å². The van der Waals surface area contributed by atoms with Crippen molar-refractivity contribution in [2.75, 3.05) is 19.0 Å². The molecule has 28 heavy (non-hydrogen) atoms. The Bertz CT molecular complexity index is 840. The first-order valence-electron chi connectivity index (χ1n) is 9.01. The lowest BCUT2D eigenvalue weighted by Gasteiger charge is -2.27.